The molecule has 1 fully saturated rings. The standard InChI is InChI=1S/C15H14O2/c1-11-15(16-11)17-14-10-6-5-9-13(14)12-7-3-2-4-8-12/h2-11,15H,1H3. The number of benzene rings is 2. The minimum Gasteiger partial charge on any atom is -0.461 e. The van der Waals surface area contributed by atoms with Crippen LogP contribution in [0.3, 0.4) is 0 Å². The van der Waals surface area contributed by atoms with Crippen LogP contribution in [0, 0.1) is 0 Å². The monoisotopic (exact) mass is 226 g/mol. The quantitative estimate of drug-likeness (QED) is 0.747. The van der Waals surface area contributed by atoms with Crippen molar-refractivity contribution in [1.29, 1.82) is 0 Å². The van der Waals surface area contributed by atoms with E-state index in [1.54, 1.807) is 0 Å². The zero-order valence-corrected chi connectivity index (χ0v) is 9.67. The summed E-state index contributed by atoms with van der Waals surface area (Å²) >= 11 is 0. The van der Waals surface area contributed by atoms with E-state index in [0.717, 1.165) is 16.9 Å². The van der Waals surface area contributed by atoms with Crippen molar-refractivity contribution in [2.24, 2.45) is 0 Å². The SMILES string of the molecule is CC1OC1Oc1ccccc1-c1ccccc1. The Morgan fingerprint density at radius 2 is 1.59 bits per heavy atom. The molecule has 0 bridgehead atoms. The Morgan fingerprint density at radius 1 is 0.941 bits per heavy atom. The van der Waals surface area contributed by atoms with Crippen molar-refractivity contribution in [3.05, 3.63) is 54.6 Å². The Balaban J connectivity index is 1.93. The molecule has 0 saturated carbocycles. The van der Waals surface area contributed by atoms with Crippen LogP contribution in [0.1, 0.15) is 6.92 Å². The van der Waals surface area contributed by atoms with Crippen LogP contribution in [-0.2, 0) is 4.74 Å². The molecule has 0 spiro atoms. The first-order valence-corrected chi connectivity index (χ1v) is 5.81. The Kier molecular flexibility index (Phi) is 2.57. The van der Waals surface area contributed by atoms with Crippen molar-refractivity contribution >= 4 is 0 Å². The molecule has 2 aromatic rings. The molecule has 0 aliphatic carbocycles. The number of ether oxygens (including phenoxy) is 2. The van der Waals surface area contributed by atoms with Crippen LogP contribution < -0.4 is 4.74 Å². The largest absolute Gasteiger partial charge is 0.461 e. The molecule has 1 heterocycles. The van der Waals surface area contributed by atoms with Gasteiger partial charge in [0.05, 0.1) is 0 Å². The molecule has 0 radical (unpaired) electrons. The molecule has 2 nitrogen and oxygen atoms in total. The van der Waals surface area contributed by atoms with E-state index in [9.17, 15) is 0 Å². The molecule has 0 amide bonds. The van der Waals surface area contributed by atoms with E-state index in [2.05, 4.69) is 18.2 Å². The minimum absolute atomic E-state index is 0.0835. The van der Waals surface area contributed by atoms with E-state index in [1.165, 1.54) is 0 Å². The van der Waals surface area contributed by atoms with Gasteiger partial charge in [0, 0.05) is 5.56 Å². The smallest absolute Gasteiger partial charge is 0.226 e. The fourth-order valence-corrected chi connectivity index (χ4v) is 1.84. The zero-order chi connectivity index (χ0) is 11.7. The average molecular weight is 226 g/mol. The first kappa shape index (κ1) is 10.4. The molecule has 86 valence electrons. The molecule has 1 aliphatic rings. The Morgan fingerprint density at radius 3 is 2.29 bits per heavy atom. The van der Waals surface area contributed by atoms with Gasteiger partial charge < -0.3 is 9.47 Å². The van der Waals surface area contributed by atoms with Crippen molar-refractivity contribution in [3.63, 3.8) is 0 Å². The van der Waals surface area contributed by atoms with Crippen molar-refractivity contribution in [3.8, 4) is 16.9 Å². The summed E-state index contributed by atoms with van der Waals surface area (Å²) in [6.07, 6.45) is 0.124. The van der Waals surface area contributed by atoms with Crippen LogP contribution in [-0.4, -0.2) is 12.4 Å². The third-order valence-electron chi connectivity index (χ3n) is 2.87. The second kappa shape index (κ2) is 4.22. The molecule has 17 heavy (non-hydrogen) atoms. The highest BCUT2D eigenvalue weighted by molar-refractivity contribution is 5.70. The number of para-hydroxylation sites is 1. The summed E-state index contributed by atoms with van der Waals surface area (Å²) in [6.45, 7) is 2.01. The summed E-state index contributed by atoms with van der Waals surface area (Å²) < 4.78 is 11.1. The van der Waals surface area contributed by atoms with Gasteiger partial charge in [-0.25, -0.2) is 0 Å². The third kappa shape index (κ3) is 2.17. The van der Waals surface area contributed by atoms with Crippen LogP contribution in [0.2, 0.25) is 0 Å². The van der Waals surface area contributed by atoms with E-state index in [4.69, 9.17) is 9.47 Å². The van der Waals surface area contributed by atoms with Crippen molar-refractivity contribution in [2.75, 3.05) is 0 Å². The summed E-state index contributed by atoms with van der Waals surface area (Å²) in [5.41, 5.74) is 2.27. The fraction of sp³-hybridized carbons (Fsp3) is 0.200. The number of epoxide rings is 1. The van der Waals surface area contributed by atoms with Crippen LogP contribution >= 0.6 is 0 Å². The van der Waals surface area contributed by atoms with Gasteiger partial charge in [0.25, 0.3) is 0 Å². The van der Waals surface area contributed by atoms with Crippen molar-refractivity contribution in [1.82, 2.24) is 0 Å². The predicted molar refractivity (Wildman–Crippen MR) is 66.8 cm³/mol. The number of hydrogen-bond acceptors (Lipinski definition) is 2. The highest BCUT2D eigenvalue weighted by Gasteiger charge is 2.37. The van der Waals surface area contributed by atoms with Gasteiger partial charge in [0.15, 0.2) is 0 Å². The molecule has 2 aromatic carbocycles. The lowest BCUT2D eigenvalue weighted by molar-refractivity contribution is 0.179. The molecular formula is C15H14O2. The van der Waals surface area contributed by atoms with E-state index in [0.29, 0.717) is 0 Å². The highest BCUT2D eigenvalue weighted by atomic mass is 16.8. The van der Waals surface area contributed by atoms with E-state index >= 15 is 0 Å². The molecule has 0 aromatic heterocycles. The fourth-order valence-electron chi connectivity index (χ4n) is 1.84. The van der Waals surface area contributed by atoms with Gasteiger partial charge in [-0.3, -0.25) is 0 Å². The summed E-state index contributed by atoms with van der Waals surface area (Å²) in [6, 6.07) is 18.3. The molecule has 2 heteroatoms. The van der Waals surface area contributed by atoms with Crippen molar-refractivity contribution in [2.45, 2.75) is 19.3 Å². The summed E-state index contributed by atoms with van der Waals surface area (Å²) in [5.74, 6) is 0.882. The average Bonchev–Trinajstić information content (AvgIpc) is 3.07. The van der Waals surface area contributed by atoms with Crippen LogP contribution in [0.5, 0.6) is 5.75 Å². The van der Waals surface area contributed by atoms with Gasteiger partial charge in [-0.05, 0) is 18.6 Å². The zero-order valence-electron chi connectivity index (χ0n) is 9.67. The van der Waals surface area contributed by atoms with Gasteiger partial charge in [0.1, 0.15) is 11.9 Å². The second-order valence-electron chi connectivity index (χ2n) is 4.19. The van der Waals surface area contributed by atoms with Gasteiger partial charge >= 0.3 is 0 Å². The second-order valence-corrected chi connectivity index (χ2v) is 4.19. The van der Waals surface area contributed by atoms with Gasteiger partial charge in [-0.2, -0.15) is 0 Å². The summed E-state index contributed by atoms with van der Waals surface area (Å²) in [5, 5.41) is 0. The number of rotatable bonds is 3. The van der Waals surface area contributed by atoms with E-state index in [-0.39, 0.29) is 12.4 Å². The molecule has 1 aliphatic heterocycles. The van der Waals surface area contributed by atoms with Gasteiger partial charge in [0.2, 0.25) is 6.29 Å². The first-order valence-electron chi connectivity index (χ1n) is 5.81. The summed E-state index contributed by atoms with van der Waals surface area (Å²) in [7, 11) is 0. The maximum Gasteiger partial charge on any atom is 0.226 e. The van der Waals surface area contributed by atoms with E-state index < -0.39 is 0 Å². The lowest BCUT2D eigenvalue weighted by Gasteiger charge is -2.09. The van der Waals surface area contributed by atoms with Gasteiger partial charge in [-0.15, -0.1) is 0 Å². The molecule has 0 N–H and O–H groups in total. The van der Waals surface area contributed by atoms with Crippen LogP contribution in [0.4, 0.5) is 0 Å². The van der Waals surface area contributed by atoms with E-state index in [1.807, 2.05) is 43.3 Å². The minimum atomic E-state index is -0.0835. The molecular weight excluding hydrogens is 212 g/mol. The van der Waals surface area contributed by atoms with Crippen molar-refractivity contribution < 1.29 is 9.47 Å². The normalized spacial score (nSPS) is 22.2. The lowest BCUT2D eigenvalue weighted by atomic mass is 10.1. The van der Waals surface area contributed by atoms with Crippen LogP contribution in [0.15, 0.2) is 54.6 Å². The maximum absolute atomic E-state index is 5.80. The maximum atomic E-state index is 5.80. The predicted octanol–water partition coefficient (Wildman–Crippen LogP) is 3.48. The highest BCUT2D eigenvalue weighted by Crippen LogP contribution is 2.33. The first-order chi connectivity index (χ1) is 8.34. The Bertz CT molecular complexity index is 507. The van der Waals surface area contributed by atoms with Crippen LogP contribution in [0.25, 0.3) is 11.1 Å². The lowest BCUT2D eigenvalue weighted by Crippen LogP contribution is -2.02. The number of hydrogen-bond donors (Lipinski definition) is 0. The Labute approximate surface area is 101 Å². The van der Waals surface area contributed by atoms with Gasteiger partial charge in [-0.1, -0.05) is 48.5 Å². The Hall–Kier alpha value is -1.80. The molecule has 3 rings (SSSR count). The topological polar surface area (TPSA) is 21.8 Å². The third-order valence-corrected chi connectivity index (χ3v) is 2.87. The summed E-state index contributed by atoms with van der Waals surface area (Å²) in [4.78, 5) is 0. The molecule has 2 unspecified atom stereocenters. The molecule has 1 saturated heterocycles. The molecule has 2 atom stereocenters.